The molecular formula is C12H16F3NO2. The number of benzene rings is 1. The van der Waals surface area contributed by atoms with Gasteiger partial charge in [-0.3, -0.25) is 0 Å². The van der Waals surface area contributed by atoms with Crippen LogP contribution in [-0.4, -0.2) is 23.4 Å². The number of halogens is 3. The van der Waals surface area contributed by atoms with Gasteiger partial charge in [0, 0.05) is 0 Å². The lowest BCUT2D eigenvalue weighted by Gasteiger charge is -2.26. The van der Waals surface area contributed by atoms with Crippen LogP contribution in [0.4, 0.5) is 13.2 Å². The molecule has 0 spiro atoms. The van der Waals surface area contributed by atoms with Gasteiger partial charge in [-0.15, -0.1) is 0 Å². The fraction of sp³-hybridized carbons (Fsp3) is 0.500. The van der Waals surface area contributed by atoms with Gasteiger partial charge in [0.15, 0.2) is 0 Å². The van der Waals surface area contributed by atoms with E-state index in [4.69, 9.17) is 15.6 Å². The monoisotopic (exact) mass is 263 g/mol. The maximum absolute atomic E-state index is 12.8. The molecule has 0 saturated heterocycles. The van der Waals surface area contributed by atoms with E-state index in [1.54, 1.807) is 13.0 Å². The minimum Gasteiger partial charge on any atom is -0.479 e. The van der Waals surface area contributed by atoms with Crippen LogP contribution >= 0.6 is 0 Å². The molecule has 18 heavy (non-hydrogen) atoms. The number of alkyl halides is 3. The number of nitrogens with two attached hydrogens (primary N) is 1. The molecule has 0 aromatic heterocycles. The van der Waals surface area contributed by atoms with Crippen LogP contribution in [0.3, 0.4) is 0 Å². The summed E-state index contributed by atoms with van der Waals surface area (Å²) in [6.45, 7) is 1.31. The Bertz CT molecular complexity index is 382. The van der Waals surface area contributed by atoms with Crippen molar-refractivity contribution in [2.75, 3.05) is 0 Å². The van der Waals surface area contributed by atoms with Crippen LogP contribution in [0.15, 0.2) is 24.3 Å². The Kier molecular flexibility index (Phi) is 4.98. The third kappa shape index (κ3) is 3.89. The van der Waals surface area contributed by atoms with Crippen molar-refractivity contribution in [1.29, 1.82) is 0 Å². The van der Waals surface area contributed by atoms with E-state index in [-0.39, 0.29) is 18.8 Å². The van der Waals surface area contributed by atoms with E-state index in [2.05, 4.69) is 0 Å². The quantitative estimate of drug-likeness (QED) is 0.856. The summed E-state index contributed by atoms with van der Waals surface area (Å²) in [5.74, 6) is 0.0489. The van der Waals surface area contributed by atoms with Crippen molar-refractivity contribution in [2.45, 2.75) is 38.3 Å². The van der Waals surface area contributed by atoms with Crippen molar-refractivity contribution >= 4 is 0 Å². The lowest BCUT2D eigenvalue weighted by molar-refractivity contribution is -0.200. The Balaban J connectivity index is 2.89. The molecule has 1 rings (SSSR count). The van der Waals surface area contributed by atoms with Crippen LogP contribution < -0.4 is 10.5 Å². The predicted octanol–water partition coefficient (Wildman–Crippen LogP) is 2.23. The SMILES string of the molecule is CCC(N)C(Oc1cccc(CO)c1)C(F)(F)F. The molecule has 0 aliphatic heterocycles. The summed E-state index contributed by atoms with van der Waals surface area (Å²) in [4.78, 5) is 0. The van der Waals surface area contributed by atoms with Crippen molar-refractivity contribution < 1.29 is 23.0 Å². The molecule has 0 fully saturated rings. The van der Waals surface area contributed by atoms with Gasteiger partial charge < -0.3 is 15.6 Å². The zero-order valence-corrected chi connectivity index (χ0v) is 9.95. The Morgan fingerprint density at radius 3 is 2.56 bits per heavy atom. The number of hydrogen-bond donors (Lipinski definition) is 2. The number of aliphatic hydroxyl groups is 1. The first-order chi connectivity index (χ1) is 8.38. The molecule has 1 aromatic rings. The minimum atomic E-state index is -4.52. The van der Waals surface area contributed by atoms with Crippen LogP contribution in [0, 0.1) is 0 Å². The summed E-state index contributed by atoms with van der Waals surface area (Å²) < 4.78 is 43.2. The predicted molar refractivity (Wildman–Crippen MR) is 61.1 cm³/mol. The second-order valence-corrected chi connectivity index (χ2v) is 3.96. The van der Waals surface area contributed by atoms with Crippen LogP contribution in [0.2, 0.25) is 0 Å². The second-order valence-electron chi connectivity index (χ2n) is 3.96. The second kappa shape index (κ2) is 6.06. The summed E-state index contributed by atoms with van der Waals surface area (Å²) in [5, 5.41) is 8.91. The molecule has 3 N–H and O–H groups in total. The molecule has 0 amide bonds. The number of hydrogen-bond acceptors (Lipinski definition) is 3. The summed E-state index contributed by atoms with van der Waals surface area (Å²) in [6, 6.07) is 4.75. The molecular weight excluding hydrogens is 247 g/mol. The van der Waals surface area contributed by atoms with Crippen molar-refractivity contribution in [2.24, 2.45) is 5.73 Å². The maximum atomic E-state index is 12.8. The maximum Gasteiger partial charge on any atom is 0.426 e. The van der Waals surface area contributed by atoms with Crippen LogP contribution in [-0.2, 0) is 6.61 Å². The van der Waals surface area contributed by atoms with Gasteiger partial charge in [-0.1, -0.05) is 19.1 Å². The highest BCUT2D eigenvalue weighted by Crippen LogP contribution is 2.28. The van der Waals surface area contributed by atoms with Crippen molar-refractivity contribution in [3.63, 3.8) is 0 Å². The standard InChI is InChI=1S/C12H16F3NO2/c1-2-10(16)11(12(13,14)15)18-9-5-3-4-8(6-9)7-17/h3-6,10-11,17H,2,7,16H2,1H3. The van der Waals surface area contributed by atoms with Gasteiger partial charge in [-0.05, 0) is 24.1 Å². The number of rotatable bonds is 5. The molecule has 0 heterocycles. The van der Waals surface area contributed by atoms with E-state index in [1.165, 1.54) is 18.2 Å². The Hall–Kier alpha value is -1.27. The summed E-state index contributed by atoms with van der Waals surface area (Å²) in [7, 11) is 0. The first kappa shape index (κ1) is 14.8. The fourth-order valence-electron chi connectivity index (χ4n) is 1.47. The van der Waals surface area contributed by atoms with E-state index in [0.29, 0.717) is 5.56 Å². The molecule has 1 aromatic carbocycles. The Morgan fingerprint density at radius 2 is 2.06 bits per heavy atom. The van der Waals surface area contributed by atoms with Gasteiger partial charge in [0.25, 0.3) is 0 Å². The van der Waals surface area contributed by atoms with Gasteiger partial charge in [0.2, 0.25) is 6.10 Å². The first-order valence-corrected chi connectivity index (χ1v) is 5.57. The summed E-state index contributed by atoms with van der Waals surface area (Å²) in [6.07, 6.45) is -6.41. The Labute approximate surface area is 103 Å². The molecule has 0 bridgehead atoms. The van der Waals surface area contributed by atoms with Crippen LogP contribution in [0.5, 0.6) is 5.75 Å². The van der Waals surface area contributed by atoms with E-state index >= 15 is 0 Å². The van der Waals surface area contributed by atoms with Crippen molar-refractivity contribution in [3.05, 3.63) is 29.8 Å². The molecule has 102 valence electrons. The van der Waals surface area contributed by atoms with Gasteiger partial charge >= 0.3 is 6.18 Å². The third-order valence-corrected chi connectivity index (χ3v) is 2.53. The number of aliphatic hydroxyl groups excluding tert-OH is 1. The lowest BCUT2D eigenvalue weighted by Crippen LogP contribution is -2.48. The van der Waals surface area contributed by atoms with E-state index in [9.17, 15) is 13.2 Å². The average molecular weight is 263 g/mol. The zero-order chi connectivity index (χ0) is 13.8. The van der Waals surface area contributed by atoms with Gasteiger partial charge in [0.05, 0.1) is 12.6 Å². The third-order valence-electron chi connectivity index (χ3n) is 2.53. The molecule has 0 radical (unpaired) electrons. The van der Waals surface area contributed by atoms with Crippen LogP contribution in [0.25, 0.3) is 0 Å². The van der Waals surface area contributed by atoms with E-state index < -0.39 is 18.3 Å². The van der Waals surface area contributed by atoms with Gasteiger partial charge in [0.1, 0.15) is 5.75 Å². The lowest BCUT2D eigenvalue weighted by atomic mass is 10.1. The smallest absolute Gasteiger partial charge is 0.426 e. The molecule has 6 heteroatoms. The average Bonchev–Trinajstić information content (AvgIpc) is 2.34. The highest BCUT2D eigenvalue weighted by atomic mass is 19.4. The minimum absolute atomic E-state index is 0.0489. The molecule has 2 unspecified atom stereocenters. The molecule has 0 aliphatic carbocycles. The highest BCUT2D eigenvalue weighted by Gasteiger charge is 2.45. The molecule has 3 nitrogen and oxygen atoms in total. The van der Waals surface area contributed by atoms with Crippen molar-refractivity contribution in [1.82, 2.24) is 0 Å². The van der Waals surface area contributed by atoms with E-state index in [1.807, 2.05) is 0 Å². The van der Waals surface area contributed by atoms with E-state index in [0.717, 1.165) is 0 Å². The Morgan fingerprint density at radius 1 is 1.39 bits per heavy atom. The fourth-order valence-corrected chi connectivity index (χ4v) is 1.47. The van der Waals surface area contributed by atoms with Gasteiger partial charge in [-0.25, -0.2) is 0 Å². The highest BCUT2D eigenvalue weighted by molar-refractivity contribution is 5.28. The summed E-state index contributed by atoms with van der Waals surface area (Å²) >= 11 is 0. The first-order valence-electron chi connectivity index (χ1n) is 5.57. The topological polar surface area (TPSA) is 55.5 Å². The molecule has 0 aliphatic rings. The number of ether oxygens (including phenoxy) is 1. The van der Waals surface area contributed by atoms with Crippen LogP contribution in [0.1, 0.15) is 18.9 Å². The van der Waals surface area contributed by atoms with Gasteiger partial charge in [-0.2, -0.15) is 13.2 Å². The largest absolute Gasteiger partial charge is 0.479 e. The molecule has 0 saturated carbocycles. The zero-order valence-electron chi connectivity index (χ0n) is 9.95. The van der Waals surface area contributed by atoms with Crippen molar-refractivity contribution in [3.8, 4) is 5.75 Å². The summed E-state index contributed by atoms with van der Waals surface area (Å²) in [5.41, 5.74) is 5.91. The normalized spacial score (nSPS) is 15.2. The molecule has 2 atom stereocenters.